The van der Waals surface area contributed by atoms with E-state index in [1.165, 1.54) is 5.56 Å². The number of hydrogen-bond donors (Lipinski definition) is 0. The minimum Gasteiger partial charge on any atom is -0.372 e. The quantitative estimate of drug-likeness (QED) is 0.849. The van der Waals surface area contributed by atoms with Crippen LogP contribution < -0.4 is 4.90 Å². The number of ether oxygens (including phenoxy) is 1. The Morgan fingerprint density at radius 2 is 2.09 bits per heavy atom. The van der Waals surface area contributed by atoms with Crippen molar-refractivity contribution in [3.63, 3.8) is 0 Å². The lowest BCUT2D eigenvalue weighted by Gasteiger charge is -2.33. The number of aryl methyl sites for hydroxylation is 1. The lowest BCUT2D eigenvalue weighted by molar-refractivity contribution is 0.0314. The normalized spacial score (nSPS) is 18.4. The molecule has 1 aliphatic heterocycles. The molecule has 0 saturated carbocycles. The highest BCUT2D eigenvalue weighted by Crippen LogP contribution is 2.20. The van der Waals surface area contributed by atoms with Crippen molar-refractivity contribution in [2.24, 2.45) is 0 Å². The molecule has 116 valence electrons. The fourth-order valence-electron chi connectivity index (χ4n) is 2.82. The summed E-state index contributed by atoms with van der Waals surface area (Å²) in [4.78, 5) is 11.0. The Hall–Kier alpha value is -1.94. The third-order valence-electron chi connectivity index (χ3n) is 4.10. The summed E-state index contributed by atoms with van der Waals surface area (Å²) in [6.07, 6.45) is 5.15. The number of nitrogens with zero attached hydrogens (tertiary/aromatic N) is 3. The molecule has 2 aromatic rings. The van der Waals surface area contributed by atoms with Gasteiger partial charge in [0, 0.05) is 24.8 Å². The van der Waals surface area contributed by atoms with Crippen LogP contribution in [0.4, 0.5) is 5.82 Å². The van der Waals surface area contributed by atoms with Gasteiger partial charge in [0.1, 0.15) is 12.1 Å². The van der Waals surface area contributed by atoms with Gasteiger partial charge < -0.3 is 9.64 Å². The highest BCUT2D eigenvalue weighted by molar-refractivity contribution is 5.39. The molecule has 0 spiro atoms. The number of piperidine rings is 1. The summed E-state index contributed by atoms with van der Waals surface area (Å²) in [5.74, 6) is 1.03. The number of hydrogen-bond acceptors (Lipinski definition) is 4. The molecule has 0 amide bonds. The van der Waals surface area contributed by atoms with E-state index in [0.29, 0.717) is 6.61 Å². The van der Waals surface area contributed by atoms with Gasteiger partial charge in [-0.05, 0) is 24.8 Å². The van der Waals surface area contributed by atoms with Gasteiger partial charge in [0.05, 0.1) is 12.7 Å². The Bertz CT molecular complexity index is 588. The summed E-state index contributed by atoms with van der Waals surface area (Å²) in [7, 11) is 0. The summed E-state index contributed by atoms with van der Waals surface area (Å²) in [5, 5.41) is 0. The lowest BCUT2D eigenvalue weighted by atomic mass is 10.1. The third-order valence-corrected chi connectivity index (χ3v) is 4.10. The van der Waals surface area contributed by atoms with E-state index in [0.717, 1.165) is 43.9 Å². The van der Waals surface area contributed by atoms with E-state index >= 15 is 0 Å². The molecule has 1 saturated heterocycles. The zero-order valence-electron chi connectivity index (χ0n) is 13.1. The largest absolute Gasteiger partial charge is 0.372 e. The van der Waals surface area contributed by atoms with Crippen LogP contribution in [-0.4, -0.2) is 29.2 Å². The molecule has 0 radical (unpaired) electrons. The number of aromatic nitrogens is 2. The van der Waals surface area contributed by atoms with E-state index in [1.54, 1.807) is 6.33 Å². The van der Waals surface area contributed by atoms with Crippen LogP contribution >= 0.6 is 0 Å². The predicted octanol–water partition coefficient (Wildman–Crippen LogP) is 3.22. The molecule has 0 N–H and O–H groups in total. The highest BCUT2D eigenvalue weighted by atomic mass is 16.5. The van der Waals surface area contributed by atoms with Crippen molar-refractivity contribution in [2.75, 3.05) is 18.0 Å². The summed E-state index contributed by atoms with van der Waals surface area (Å²) in [5.41, 5.74) is 2.33. The number of benzene rings is 1. The van der Waals surface area contributed by atoms with Crippen LogP contribution in [-0.2, 0) is 17.8 Å². The Kier molecular flexibility index (Phi) is 5.01. The van der Waals surface area contributed by atoms with Gasteiger partial charge in [-0.1, -0.05) is 37.3 Å². The topological polar surface area (TPSA) is 38.2 Å². The smallest absolute Gasteiger partial charge is 0.132 e. The van der Waals surface area contributed by atoms with E-state index < -0.39 is 0 Å². The number of rotatable bonds is 5. The van der Waals surface area contributed by atoms with Crippen molar-refractivity contribution < 1.29 is 4.74 Å². The molecule has 1 fully saturated rings. The third kappa shape index (κ3) is 3.83. The van der Waals surface area contributed by atoms with Gasteiger partial charge in [-0.2, -0.15) is 0 Å². The molecule has 22 heavy (non-hydrogen) atoms. The second-order valence-corrected chi connectivity index (χ2v) is 5.73. The number of anilines is 1. The summed E-state index contributed by atoms with van der Waals surface area (Å²) >= 11 is 0. The Morgan fingerprint density at radius 3 is 2.91 bits per heavy atom. The van der Waals surface area contributed by atoms with E-state index in [4.69, 9.17) is 4.74 Å². The molecule has 0 aliphatic carbocycles. The van der Waals surface area contributed by atoms with Crippen molar-refractivity contribution in [1.82, 2.24) is 9.97 Å². The van der Waals surface area contributed by atoms with Crippen molar-refractivity contribution in [3.8, 4) is 0 Å². The summed E-state index contributed by atoms with van der Waals surface area (Å²) in [6, 6.07) is 12.5. The van der Waals surface area contributed by atoms with Gasteiger partial charge in [0.2, 0.25) is 0 Å². The molecule has 2 heterocycles. The maximum Gasteiger partial charge on any atom is 0.132 e. The second-order valence-electron chi connectivity index (χ2n) is 5.73. The van der Waals surface area contributed by atoms with E-state index in [1.807, 2.05) is 6.07 Å². The van der Waals surface area contributed by atoms with E-state index in [2.05, 4.69) is 52.1 Å². The van der Waals surface area contributed by atoms with Crippen molar-refractivity contribution >= 4 is 5.82 Å². The SMILES string of the molecule is CCc1cc(N2CCC[C@@H](OCc3ccccc3)C2)ncn1. The van der Waals surface area contributed by atoms with Gasteiger partial charge in [-0.25, -0.2) is 9.97 Å². The molecular formula is C18H23N3O. The van der Waals surface area contributed by atoms with Gasteiger partial charge in [-0.3, -0.25) is 0 Å². The monoisotopic (exact) mass is 297 g/mol. The van der Waals surface area contributed by atoms with Gasteiger partial charge in [0.25, 0.3) is 0 Å². The van der Waals surface area contributed by atoms with Crippen LogP contribution in [0.3, 0.4) is 0 Å². The van der Waals surface area contributed by atoms with Crippen LogP contribution in [0.2, 0.25) is 0 Å². The standard InChI is InChI=1S/C18H23N3O/c1-2-16-11-18(20-14-19-16)21-10-6-9-17(12-21)22-13-15-7-4-3-5-8-15/h3-5,7-8,11,14,17H,2,6,9-10,12-13H2,1H3/t17-/m1/s1. The predicted molar refractivity (Wildman–Crippen MR) is 87.9 cm³/mol. The van der Waals surface area contributed by atoms with Crippen LogP contribution in [0, 0.1) is 0 Å². The van der Waals surface area contributed by atoms with Gasteiger partial charge in [-0.15, -0.1) is 0 Å². The molecule has 1 aromatic heterocycles. The molecule has 1 atom stereocenters. The zero-order chi connectivity index (χ0) is 15.2. The molecule has 4 nitrogen and oxygen atoms in total. The Morgan fingerprint density at radius 1 is 1.23 bits per heavy atom. The fraction of sp³-hybridized carbons (Fsp3) is 0.444. The van der Waals surface area contributed by atoms with Crippen molar-refractivity contribution in [2.45, 2.75) is 38.9 Å². The first-order valence-corrected chi connectivity index (χ1v) is 8.06. The molecule has 4 heteroatoms. The van der Waals surface area contributed by atoms with Gasteiger partial charge >= 0.3 is 0 Å². The summed E-state index contributed by atoms with van der Waals surface area (Å²) < 4.78 is 6.09. The zero-order valence-corrected chi connectivity index (χ0v) is 13.1. The van der Waals surface area contributed by atoms with Crippen LogP contribution in [0.25, 0.3) is 0 Å². The maximum absolute atomic E-state index is 6.09. The first kappa shape index (κ1) is 15.0. The molecular weight excluding hydrogens is 274 g/mol. The Balaban J connectivity index is 1.59. The Labute approximate surface area is 132 Å². The summed E-state index contributed by atoms with van der Waals surface area (Å²) in [6.45, 7) is 4.76. The molecule has 0 unspecified atom stereocenters. The van der Waals surface area contributed by atoms with E-state index in [-0.39, 0.29) is 6.10 Å². The first-order valence-electron chi connectivity index (χ1n) is 8.06. The van der Waals surface area contributed by atoms with Gasteiger partial charge in [0.15, 0.2) is 0 Å². The highest BCUT2D eigenvalue weighted by Gasteiger charge is 2.21. The average Bonchev–Trinajstić information content (AvgIpc) is 2.61. The maximum atomic E-state index is 6.09. The minimum absolute atomic E-state index is 0.272. The van der Waals surface area contributed by atoms with Crippen molar-refractivity contribution in [1.29, 1.82) is 0 Å². The first-order chi connectivity index (χ1) is 10.8. The molecule has 1 aliphatic rings. The second kappa shape index (κ2) is 7.36. The molecule has 1 aromatic carbocycles. The lowest BCUT2D eigenvalue weighted by Crippen LogP contribution is -2.40. The fourth-order valence-corrected chi connectivity index (χ4v) is 2.82. The molecule has 0 bridgehead atoms. The average molecular weight is 297 g/mol. The van der Waals surface area contributed by atoms with Crippen LogP contribution in [0.15, 0.2) is 42.7 Å². The van der Waals surface area contributed by atoms with Crippen molar-refractivity contribution in [3.05, 3.63) is 54.0 Å². The minimum atomic E-state index is 0.272. The van der Waals surface area contributed by atoms with Crippen LogP contribution in [0.1, 0.15) is 31.0 Å². The van der Waals surface area contributed by atoms with Crippen LogP contribution in [0.5, 0.6) is 0 Å². The molecule has 3 rings (SSSR count). The van der Waals surface area contributed by atoms with E-state index in [9.17, 15) is 0 Å².